The molecule has 202 valence electrons. The van der Waals surface area contributed by atoms with Crippen molar-refractivity contribution in [2.45, 2.75) is 160 Å². The van der Waals surface area contributed by atoms with E-state index in [2.05, 4.69) is 19.9 Å². The molecule has 1 N–H and O–H groups in total. The van der Waals surface area contributed by atoms with Crippen LogP contribution in [-0.4, -0.2) is 36.0 Å². The number of unbranched alkanes of at least 4 members (excludes halogenated alkanes) is 18. The Labute approximate surface area is 234 Å². The smallest absolute Gasteiger partial charge is 0.282 e. The average Bonchev–Trinajstić information content (AvgIpc) is 2.81. The van der Waals surface area contributed by atoms with Crippen LogP contribution in [0.1, 0.15) is 153 Å². The number of hydrogen-bond acceptors (Lipinski definition) is 2. The molecule has 0 aliphatic carbocycles. The van der Waals surface area contributed by atoms with E-state index in [1.807, 2.05) is 0 Å². The summed E-state index contributed by atoms with van der Waals surface area (Å²) in [4.78, 5) is 0.132. The first-order chi connectivity index (χ1) is 16.5. The molecular formula is C30H56MgO3S. The molecule has 0 aliphatic heterocycles. The number of benzene rings is 1. The molecule has 35 heavy (non-hydrogen) atoms. The number of rotatable bonds is 23. The number of aryl methyl sites for hydroxylation is 1. The molecule has 0 saturated carbocycles. The van der Waals surface area contributed by atoms with Gasteiger partial charge in [0.2, 0.25) is 0 Å². The van der Waals surface area contributed by atoms with E-state index >= 15 is 0 Å². The lowest BCUT2D eigenvalue weighted by atomic mass is 9.96. The Morgan fingerprint density at radius 3 is 1.34 bits per heavy atom. The van der Waals surface area contributed by atoms with Crippen LogP contribution >= 0.6 is 0 Å². The molecular weight excluding hydrogens is 465 g/mol. The van der Waals surface area contributed by atoms with E-state index < -0.39 is 10.1 Å². The van der Waals surface area contributed by atoms with Gasteiger partial charge in [0.1, 0.15) is 0 Å². The lowest BCUT2D eigenvalue weighted by Gasteiger charge is -2.14. The van der Waals surface area contributed by atoms with Gasteiger partial charge < -0.3 is 0 Å². The second-order valence-electron chi connectivity index (χ2n) is 10.2. The van der Waals surface area contributed by atoms with Gasteiger partial charge in [-0.25, -0.2) is 0 Å². The van der Waals surface area contributed by atoms with Crippen LogP contribution in [0.3, 0.4) is 0 Å². The van der Waals surface area contributed by atoms with Crippen LogP contribution in [0.2, 0.25) is 0 Å². The second-order valence-corrected chi connectivity index (χ2v) is 11.6. The van der Waals surface area contributed by atoms with Gasteiger partial charge in [0.05, 0.1) is 4.90 Å². The first kappa shape index (κ1) is 34.9. The van der Waals surface area contributed by atoms with Gasteiger partial charge in [-0.3, -0.25) is 4.55 Å². The largest absolute Gasteiger partial charge is 0.316 e. The summed E-state index contributed by atoms with van der Waals surface area (Å²) < 4.78 is 33.7. The fraction of sp³-hybridized carbons (Fsp3) is 0.800. The van der Waals surface area contributed by atoms with E-state index in [4.69, 9.17) is 0 Å². The quantitative estimate of drug-likeness (QED) is 0.0889. The Balaban J connectivity index is 0.0000116. The van der Waals surface area contributed by atoms with Crippen molar-refractivity contribution in [3.63, 3.8) is 0 Å². The molecule has 0 aromatic heterocycles. The maximum Gasteiger partial charge on any atom is 0.316 e. The minimum atomic E-state index is -4.17. The second kappa shape index (κ2) is 23.0. The van der Waals surface area contributed by atoms with Crippen LogP contribution in [0, 0.1) is 0 Å². The highest BCUT2D eigenvalue weighted by atomic mass is 32.2. The summed E-state index contributed by atoms with van der Waals surface area (Å²) in [7, 11) is -4.17. The molecule has 0 amide bonds. The molecule has 0 fully saturated rings. The van der Waals surface area contributed by atoms with E-state index in [-0.39, 0.29) is 27.9 Å². The van der Waals surface area contributed by atoms with Crippen molar-refractivity contribution in [2.24, 2.45) is 0 Å². The topological polar surface area (TPSA) is 54.4 Å². The Bertz CT molecular complexity index is 718. The minimum Gasteiger partial charge on any atom is -0.282 e. The van der Waals surface area contributed by atoms with Gasteiger partial charge in [-0.2, -0.15) is 8.42 Å². The lowest BCUT2D eigenvalue weighted by molar-refractivity contribution is 0.481. The highest BCUT2D eigenvalue weighted by Crippen LogP contribution is 2.25. The van der Waals surface area contributed by atoms with Crippen molar-refractivity contribution in [3.8, 4) is 0 Å². The van der Waals surface area contributed by atoms with Crippen LogP contribution in [0.15, 0.2) is 23.1 Å². The monoisotopic (exact) mass is 520 g/mol. The van der Waals surface area contributed by atoms with Crippen molar-refractivity contribution < 1.29 is 13.0 Å². The van der Waals surface area contributed by atoms with E-state index in [0.29, 0.717) is 0 Å². The molecule has 0 saturated heterocycles. The Morgan fingerprint density at radius 2 is 0.943 bits per heavy atom. The third-order valence-electron chi connectivity index (χ3n) is 7.09. The fourth-order valence-electron chi connectivity index (χ4n) is 4.96. The fourth-order valence-corrected chi connectivity index (χ4v) is 5.76. The Kier molecular flexibility index (Phi) is 23.0. The maximum absolute atomic E-state index is 12.0. The van der Waals surface area contributed by atoms with Crippen LogP contribution in [0.4, 0.5) is 0 Å². The van der Waals surface area contributed by atoms with Crippen LogP contribution in [0.5, 0.6) is 0 Å². The van der Waals surface area contributed by atoms with Gasteiger partial charge >= 0.3 is 23.1 Å². The molecule has 0 aliphatic rings. The molecule has 3 nitrogen and oxygen atoms in total. The zero-order chi connectivity index (χ0) is 24.9. The minimum absolute atomic E-state index is 0. The van der Waals surface area contributed by atoms with Gasteiger partial charge in [0, 0.05) is 0 Å². The third kappa shape index (κ3) is 17.9. The van der Waals surface area contributed by atoms with Crippen molar-refractivity contribution in [1.29, 1.82) is 0 Å². The lowest BCUT2D eigenvalue weighted by Crippen LogP contribution is -2.07. The summed E-state index contributed by atoms with van der Waals surface area (Å²) in [5, 5.41) is 0. The molecule has 0 atom stereocenters. The van der Waals surface area contributed by atoms with Crippen LogP contribution in [-0.2, 0) is 23.0 Å². The summed E-state index contributed by atoms with van der Waals surface area (Å²) in [5.41, 5.74) is 1.98. The molecule has 0 bridgehead atoms. The van der Waals surface area contributed by atoms with Crippen molar-refractivity contribution in [2.75, 3.05) is 0 Å². The zero-order valence-electron chi connectivity index (χ0n) is 22.5. The molecule has 1 aromatic carbocycles. The first-order valence-electron chi connectivity index (χ1n) is 14.6. The SMILES string of the molecule is CCCCCCCCCCCCc1cccc(S(=O)(=O)O)c1CCCCCCCCCCCC.[MgH2]. The normalized spacial score (nSPS) is 11.5. The molecule has 1 aromatic rings. The van der Waals surface area contributed by atoms with E-state index in [1.54, 1.807) is 12.1 Å². The van der Waals surface area contributed by atoms with Crippen molar-refractivity contribution >= 4 is 33.2 Å². The summed E-state index contributed by atoms with van der Waals surface area (Å²) in [6.07, 6.45) is 27.3. The van der Waals surface area contributed by atoms with Gasteiger partial charge in [-0.05, 0) is 42.9 Å². The van der Waals surface area contributed by atoms with Gasteiger partial charge in [0.25, 0.3) is 10.1 Å². The predicted molar refractivity (Wildman–Crippen MR) is 156 cm³/mol. The molecule has 1 rings (SSSR count). The summed E-state index contributed by atoms with van der Waals surface area (Å²) in [5.74, 6) is 0. The highest BCUT2D eigenvalue weighted by molar-refractivity contribution is 7.85. The van der Waals surface area contributed by atoms with Gasteiger partial charge in [-0.15, -0.1) is 0 Å². The summed E-state index contributed by atoms with van der Waals surface area (Å²) in [6.45, 7) is 4.51. The van der Waals surface area contributed by atoms with Crippen molar-refractivity contribution in [1.82, 2.24) is 0 Å². The first-order valence-corrected chi connectivity index (χ1v) is 16.0. The van der Waals surface area contributed by atoms with Gasteiger partial charge in [-0.1, -0.05) is 142 Å². The molecule has 5 heteroatoms. The summed E-state index contributed by atoms with van der Waals surface area (Å²) >= 11 is 0. The van der Waals surface area contributed by atoms with Crippen LogP contribution in [0.25, 0.3) is 0 Å². The standard InChI is InChI=1S/C30H54O3S.Mg.2H/c1-3-5-7-9-11-13-15-17-19-21-24-28-25-23-27-30(34(31,32)33)29(28)26-22-20-18-16-14-12-10-8-6-4-2;;;/h23,25,27H,3-22,24,26H2,1-2H3,(H,31,32,33);;;. The molecule has 0 spiro atoms. The van der Waals surface area contributed by atoms with Crippen molar-refractivity contribution in [3.05, 3.63) is 29.3 Å². The Morgan fingerprint density at radius 1 is 0.571 bits per heavy atom. The molecule has 0 unspecified atom stereocenters. The summed E-state index contributed by atoms with van der Waals surface area (Å²) in [6, 6.07) is 5.42. The average molecular weight is 521 g/mol. The van der Waals surface area contributed by atoms with E-state index in [0.717, 1.165) is 43.2 Å². The highest BCUT2D eigenvalue weighted by Gasteiger charge is 2.17. The third-order valence-corrected chi connectivity index (χ3v) is 8.03. The molecule has 0 heterocycles. The van der Waals surface area contributed by atoms with E-state index in [1.165, 1.54) is 109 Å². The van der Waals surface area contributed by atoms with E-state index in [9.17, 15) is 13.0 Å². The zero-order valence-corrected chi connectivity index (χ0v) is 23.3. The predicted octanol–water partition coefficient (Wildman–Crippen LogP) is 8.94. The maximum atomic E-state index is 12.0. The Hall–Kier alpha value is -0.104. The number of hydrogen-bond donors (Lipinski definition) is 1. The van der Waals surface area contributed by atoms with Gasteiger partial charge in [0.15, 0.2) is 0 Å². The molecule has 0 radical (unpaired) electrons. The van der Waals surface area contributed by atoms with Crippen LogP contribution < -0.4 is 0 Å².